The molecule has 0 spiro atoms. The number of methoxy groups -OCH3 is 1. The fourth-order valence-electron chi connectivity index (χ4n) is 3.51. The topological polar surface area (TPSA) is 92.9 Å². The van der Waals surface area contributed by atoms with E-state index in [4.69, 9.17) is 22.7 Å². The maximum atomic E-state index is 10.6. The van der Waals surface area contributed by atoms with E-state index < -0.39 is 5.41 Å². The summed E-state index contributed by atoms with van der Waals surface area (Å²) < 4.78 is 5.56. The highest BCUT2D eigenvalue weighted by atomic mass is 32.1. The van der Waals surface area contributed by atoms with Gasteiger partial charge in [-0.3, -0.25) is 0 Å². The molecule has 0 aromatic heterocycles. The summed E-state index contributed by atoms with van der Waals surface area (Å²) in [7, 11) is 1.56. The predicted molar refractivity (Wildman–Crippen MR) is 117 cm³/mol. The molecule has 0 radical (unpaired) electrons. The molecule has 152 valence electrons. The lowest BCUT2D eigenvalue weighted by Gasteiger charge is -2.26. The minimum atomic E-state index is -0.436. The van der Waals surface area contributed by atoms with Gasteiger partial charge in [-0.05, 0) is 42.5 Å². The molecule has 29 heavy (non-hydrogen) atoms. The summed E-state index contributed by atoms with van der Waals surface area (Å²) in [6, 6.07) is 10.2. The third-order valence-corrected chi connectivity index (χ3v) is 5.53. The molecule has 5 N–H and O–H groups in total. The Balaban J connectivity index is 2.09. The zero-order valence-electron chi connectivity index (χ0n) is 16.8. The van der Waals surface area contributed by atoms with Gasteiger partial charge in [0.05, 0.1) is 13.5 Å². The molecule has 0 amide bonds. The largest absolute Gasteiger partial charge is 0.508 e. The van der Waals surface area contributed by atoms with E-state index >= 15 is 0 Å². The van der Waals surface area contributed by atoms with Gasteiger partial charge in [0.25, 0.3) is 0 Å². The maximum Gasteiger partial charge on any atom is 0.225 e. The van der Waals surface area contributed by atoms with Crippen LogP contribution < -0.4 is 15.6 Å². The van der Waals surface area contributed by atoms with Crippen molar-refractivity contribution < 1.29 is 20.1 Å². The molecule has 2 aromatic carbocycles. The van der Waals surface area contributed by atoms with Gasteiger partial charge in [-0.1, -0.05) is 19.9 Å². The van der Waals surface area contributed by atoms with Crippen LogP contribution in [0.25, 0.3) is 0 Å². The number of nitrogens with one attached hydrogen (secondary N) is 1. The number of ether oxygens (including phenoxy) is 1. The van der Waals surface area contributed by atoms with Crippen molar-refractivity contribution in [1.82, 2.24) is 5.01 Å². The Hall–Kier alpha value is -3.06. The molecule has 2 aromatic rings. The van der Waals surface area contributed by atoms with Crippen molar-refractivity contribution in [3.63, 3.8) is 0 Å². The van der Waals surface area contributed by atoms with E-state index in [2.05, 4.69) is 11.7 Å². The number of benzene rings is 2. The molecule has 0 saturated carbocycles. The van der Waals surface area contributed by atoms with Crippen LogP contribution in [0, 0.1) is 0 Å². The Labute approximate surface area is 175 Å². The van der Waals surface area contributed by atoms with Crippen LogP contribution in [0.3, 0.4) is 0 Å². The quantitative estimate of drug-likeness (QED) is 0.444. The molecule has 7 heteroatoms. The highest BCUT2D eigenvalue weighted by molar-refractivity contribution is 7.80. The second-order valence-corrected chi connectivity index (χ2v) is 8.02. The van der Waals surface area contributed by atoms with Gasteiger partial charge in [0, 0.05) is 28.2 Å². The lowest BCUT2D eigenvalue weighted by Crippen LogP contribution is -2.82. The SMILES string of the molecule is C=CC(C)(C)c1cc(C2CC(c3ccc(O)cc3)=[NH+]N2C(N)=S)c(OC)cc1O. The van der Waals surface area contributed by atoms with Gasteiger partial charge in [0.2, 0.25) is 10.8 Å². The van der Waals surface area contributed by atoms with E-state index in [0.29, 0.717) is 12.2 Å². The third kappa shape index (κ3) is 3.91. The molecule has 6 nitrogen and oxygen atoms in total. The molecule has 1 unspecified atom stereocenters. The van der Waals surface area contributed by atoms with E-state index in [1.807, 2.05) is 32.0 Å². The molecular formula is C22H26N3O3S+. The van der Waals surface area contributed by atoms with Crippen molar-refractivity contribution in [3.05, 3.63) is 65.7 Å². The molecule has 3 rings (SSSR count). The monoisotopic (exact) mass is 412 g/mol. The maximum absolute atomic E-state index is 10.6. The highest BCUT2D eigenvalue weighted by Crippen LogP contribution is 2.41. The Kier molecular flexibility index (Phi) is 5.53. The van der Waals surface area contributed by atoms with Crippen LogP contribution in [0.5, 0.6) is 17.2 Å². The number of allylic oxidation sites excluding steroid dienone is 1. The Bertz CT molecular complexity index is 984. The summed E-state index contributed by atoms with van der Waals surface area (Å²) >= 11 is 5.27. The van der Waals surface area contributed by atoms with Crippen LogP contribution in [-0.2, 0) is 5.41 Å². The number of aromatic hydroxyl groups is 2. The first-order valence-corrected chi connectivity index (χ1v) is 9.64. The van der Waals surface area contributed by atoms with E-state index in [1.54, 1.807) is 36.4 Å². The minimum Gasteiger partial charge on any atom is -0.508 e. The second-order valence-electron chi connectivity index (χ2n) is 7.60. The minimum absolute atomic E-state index is 0.145. The zero-order valence-corrected chi connectivity index (χ0v) is 17.6. The zero-order chi connectivity index (χ0) is 21.3. The summed E-state index contributed by atoms with van der Waals surface area (Å²) in [6.07, 6.45) is 2.39. The lowest BCUT2D eigenvalue weighted by atomic mass is 9.82. The van der Waals surface area contributed by atoms with E-state index in [1.165, 1.54) is 0 Å². The van der Waals surface area contributed by atoms with Gasteiger partial charge < -0.3 is 20.7 Å². The van der Waals surface area contributed by atoms with Gasteiger partial charge in [0.1, 0.15) is 23.3 Å². The lowest BCUT2D eigenvalue weighted by molar-refractivity contribution is -0.614. The Morgan fingerprint density at radius 1 is 1.31 bits per heavy atom. The highest BCUT2D eigenvalue weighted by Gasteiger charge is 2.39. The number of hydrazone groups is 1. The fourth-order valence-corrected chi connectivity index (χ4v) is 3.68. The number of rotatable bonds is 5. The number of hydrogen-bond donors (Lipinski definition) is 4. The molecular weight excluding hydrogens is 386 g/mol. The first kappa shape index (κ1) is 20.7. The first-order chi connectivity index (χ1) is 13.7. The smallest absolute Gasteiger partial charge is 0.225 e. The summed E-state index contributed by atoms with van der Waals surface area (Å²) in [5.74, 6) is 0.892. The Morgan fingerprint density at radius 2 is 1.97 bits per heavy atom. The molecule has 1 atom stereocenters. The average molecular weight is 413 g/mol. The van der Waals surface area contributed by atoms with Crippen molar-refractivity contribution in [2.24, 2.45) is 5.73 Å². The van der Waals surface area contributed by atoms with Crippen LogP contribution in [-0.4, -0.2) is 33.2 Å². The number of nitrogens with zero attached hydrogens (tertiary/aromatic N) is 1. The van der Waals surface area contributed by atoms with E-state index in [9.17, 15) is 10.2 Å². The first-order valence-electron chi connectivity index (χ1n) is 9.23. The second kappa shape index (κ2) is 7.75. The molecule has 1 heterocycles. The van der Waals surface area contributed by atoms with Gasteiger partial charge >= 0.3 is 0 Å². The van der Waals surface area contributed by atoms with E-state index in [0.717, 1.165) is 22.4 Å². The normalized spacial score (nSPS) is 16.4. The van der Waals surface area contributed by atoms with Gasteiger partial charge in [-0.2, -0.15) is 0 Å². The summed E-state index contributed by atoms with van der Waals surface area (Å²) in [4.78, 5) is 0. The number of phenols is 2. The number of nitrogens with two attached hydrogens (primary N) is 1. The van der Waals surface area contributed by atoms with Crippen molar-refractivity contribution in [3.8, 4) is 17.2 Å². The number of phenolic OH excluding ortho intramolecular Hbond substituents is 2. The number of thiocarbonyl (C=S) groups is 1. The fraction of sp³-hybridized carbons (Fsp3) is 0.273. The summed E-state index contributed by atoms with van der Waals surface area (Å²) in [5, 5.41) is 25.3. The molecule has 0 bridgehead atoms. The van der Waals surface area contributed by atoms with Crippen molar-refractivity contribution in [2.45, 2.75) is 31.7 Å². The van der Waals surface area contributed by atoms with Crippen molar-refractivity contribution in [1.29, 1.82) is 0 Å². The molecule has 0 aliphatic carbocycles. The van der Waals surface area contributed by atoms with Crippen LogP contribution in [0.4, 0.5) is 0 Å². The summed E-state index contributed by atoms with van der Waals surface area (Å²) in [6.45, 7) is 7.86. The standard InChI is InChI=1S/C22H25N3O3S/c1-5-22(2,3)16-10-15(20(28-4)12-19(16)27)18-11-17(24-25(18)21(23)29)13-6-8-14(26)9-7-13/h5-10,12,18,26-27H,1,11H2,2-4H3,(H2,23,29)/p+1. The van der Waals surface area contributed by atoms with Crippen LogP contribution in [0.1, 0.15) is 43.0 Å². The predicted octanol–water partition coefficient (Wildman–Crippen LogP) is 2.05. The third-order valence-electron chi connectivity index (χ3n) is 5.33. The van der Waals surface area contributed by atoms with Crippen LogP contribution in [0.15, 0.2) is 49.1 Å². The van der Waals surface area contributed by atoms with Gasteiger partial charge in [-0.15, -0.1) is 16.7 Å². The van der Waals surface area contributed by atoms with Crippen molar-refractivity contribution >= 4 is 23.0 Å². The number of hydrazine groups is 1. The van der Waals surface area contributed by atoms with Crippen molar-refractivity contribution in [2.75, 3.05) is 7.11 Å². The van der Waals surface area contributed by atoms with Crippen LogP contribution in [0.2, 0.25) is 0 Å². The number of hydrogen-bond acceptors (Lipinski definition) is 4. The summed E-state index contributed by atoms with van der Waals surface area (Å²) in [5.41, 5.74) is 9.00. The Morgan fingerprint density at radius 3 is 2.52 bits per heavy atom. The van der Waals surface area contributed by atoms with Gasteiger partial charge in [-0.25, -0.2) is 0 Å². The van der Waals surface area contributed by atoms with Crippen LogP contribution >= 0.6 is 12.2 Å². The van der Waals surface area contributed by atoms with Gasteiger partial charge in [0.15, 0.2) is 0 Å². The molecule has 0 fully saturated rings. The average Bonchev–Trinajstić information content (AvgIpc) is 3.13. The van der Waals surface area contributed by atoms with E-state index in [-0.39, 0.29) is 22.7 Å². The molecule has 1 aliphatic rings. The molecule has 1 aliphatic heterocycles. The molecule has 0 saturated heterocycles.